The molecule has 1 aromatic heterocycles. The van der Waals surface area contributed by atoms with Crippen LogP contribution in [0.2, 0.25) is 0 Å². The van der Waals surface area contributed by atoms with Gasteiger partial charge in [0.2, 0.25) is 17.7 Å². The van der Waals surface area contributed by atoms with Crippen molar-refractivity contribution in [3.05, 3.63) is 36.0 Å². The molecule has 5 unspecified atom stereocenters. The number of nitrogens with two attached hydrogens (primary N) is 1. The number of amides is 3. The summed E-state index contributed by atoms with van der Waals surface area (Å²) in [5.41, 5.74) is 7.76. The van der Waals surface area contributed by atoms with Gasteiger partial charge >= 0.3 is 5.97 Å². The lowest BCUT2D eigenvalue weighted by Crippen LogP contribution is -2.60. The Morgan fingerprint density at radius 3 is 2.33 bits per heavy atom. The number of rotatable bonds is 11. The van der Waals surface area contributed by atoms with Gasteiger partial charge in [-0.15, -0.1) is 0 Å². The van der Waals surface area contributed by atoms with Crippen molar-refractivity contribution in [2.45, 2.75) is 50.5 Å². The van der Waals surface area contributed by atoms with Crippen molar-refractivity contribution < 1.29 is 29.4 Å². The lowest BCUT2D eigenvalue weighted by atomic mass is 10.0. The van der Waals surface area contributed by atoms with E-state index in [1.807, 2.05) is 24.3 Å². The molecule has 0 fully saturated rings. The standard InChI is InChI=1S/C21H29N5O6S/c1-10(21(31)32)24-19(29)16(9-33)25-20(30)17(11(2)27)26-18(28)14(22)7-12-8-23-15-6-4-3-5-13(12)15/h3-6,8,10-11,14,16-17,23,27,33H,7,9,22H2,1-2H3,(H,24,29)(H,25,30)(H,26,28)(H,31,32). The van der Waals surface area contributed by atoms with Crippen LogP contribution in [0.4, 0.5) is 0 Å². The van der Waals surface area contributed by atoms with Crippen molar-refractivity contribution in [1.29, 1.82) is 0 Å². The van der Waals surface area contributed by atoms with Crippen LogP contribution in [0.3, 0.4) is 0 Å². The van der Waals surface area contributed by atoms with Gasteiger partial charge in [0.15, 0.2) is 0 Å². The molecule has 0 radical (unpaired) electrons. The zero-order chi connectivity index (χ0) is 24.7. The molecule has 2 aromatic rings. The number of fused-ring (bicyclic) bond motifs is 1. The second-order valence-electron chi connectivity index (χ2n) is 7.71. The first-order chi connectivity index (χ1) is 15.5. The fraction of sp³-hybridized carbons (Fsp3) is 0.429. The zero-order valence-electron chi connectivity index (χ0n) is 18.2. The maximum absolute atomic E-state index is 12.7. The average molecular weight is 480 g/mol. The van der Waals surface area contributed by atoms with E-state index in [4.69, 9.17) is 10.8 Å². The molecule has 1 heterocycles. The SMILES string of the molecule is CC(NC(=O)C(CS)NC(=O)C(NC(=O)C(N)Cc1c[nH]c2ccccc12)C(C)O)C(=O)O. The molecule has 5 atom stereocenters. The molecule has 8 N–H and O–H groups in total. The Balaban J connectivity index is 2.02. The van der Waals surface area contributed by atoms with Crippen LogP contribution in [-0.2, 0) is 25.6 Å². The van der Waals surface area contributed by atoms with Crippen molar-refractivity contribution in [3.8, 4) is 0 Å². The number of aliphatic carboxylic acids is 1. The van der Waals surface area contributed by atoms with Gasteiger partial charge in [-0.2, -0.15) is 12.6 Å². The minimum atomic E-state index is -1.39. The number of benzene rings is 1. The van der Waals surface area contributed by atoms with E-state index in [-0.39, 0.29) is 12.2 Å². The molecule has 0 spiro atoms. The number of carbonyl (C=O) groups excluding carboxylic acids is 3. The highest BCUT2D eigenvalue weighted by Crippen LogP contribution is 2.18. The van der Waals surface area contributed by atoms with Crippen molar-refractivity contribution in [2.75, 3.05) is 5.75 Å². The van der Waals surface area contributed by atoms with Gasteiger partial charge in [-0.3, -0.25) is 19.2 Å². The van der Waals surface area contributed by atoms with Gasteiger partial charge in [-0.05, 0) is 31.9 Å². The lowest BCUT2D eigenvalue weighted by Gasteiger charge is -2.25. The van der Waals surface area contributed by atoms with Gasteiger partial charge in [0.1, 0.15) is 18.1 Å². The molecule has 0 bridgehead atoms. The van der Waals surface area contributed by atoms with Crippen LogP contribution in [-0.4, -0.2) is 74.9 Å². The summed E-state index contributed by atoms with van der Waals surface area (Å²) in [6.07, 6.45) is 0.652. The zero-order valence-corrected chi connectivity index (χ0v) is 19.1. The van der Waals surface area contributed by atoms with Crippen molar-refractivity contribution >= 4 is 47.2 Å². The van der Waals surface area contributed by atoms with Crippen LogP contribution in [0.15, 0.2) is 30.5 Å². The second-order valence-corrected chi connectivity index (χ2v) is 8.07. The van der Waals surface area contributed by atoms with Crippen molar-refractivity contribution in [2.24, 2.45) is 5.73 Å². The summed E-state index contributed by atoms with van der Waals surface area (Å²) in [5.74, 6) is -3.64. The van der Waals surface area contributed by atoms with E-state index in [2.05, 4.69) is 33.6 Å². The minimum absolute atomic E-state index is 0.134. The summed E-state index contributed by atoms with van der Waals surface area (Å²) in [6.45, 7) is 2.57. The fourth-order valence-corrected chi connectivity index (χ4v) is 3.38. The van der Waals surface area contributed by atoms with Crippen molar-refractivity contribution in [1.82, 2.24) is 20.9 Å². The number of aliphatic hydroxyl groups is 1. The molecule has 1 aromatic carbocycles. The Kier molecular flexibility index (Phi) is 9.26. The van der Waals surface area contributed by atoms with E-state index in [1.165, 1.54) is 13.8 Å². The Bertz CT molecular complexity index is 1010. The molecular formula is C21H29N5O6S. The number of aromatic amines is 1. The number of hydrogen-bond donors (Lipinski definition) is 8. The van der Waals surface area contributed by atoms with E-state index in [9.17, 15) is 24.3 Å². The largest absolute Gasteiger partial charge is 0.480 e. The molecule has 33 heavy (non-hydrogen) atoms. The molecule has 0 aliphatic heterocycles. The Labute approximate surface area is 195 Å². The second kappa shape index (κ2) is 11.7. The summed E-state index contributed by atoms with van der Waals surface area (Å²) in [4.78, 5) is 51.5. The van der Waals surface area contributed by atoms with Crippen LogP contribution < -0.4 is 21.7 Å². The maximum Gasteiger partial charge on any atom is 0.325 e. The van der Waals surface area contributed by atoms with Gasteiger partial charge in [0.25, 0.3) is 0 Å². The number of H-pyrrole nitrogens is 1. The Morgan fingerprint density at radius 2 is 1.73 bits per heavy atom. The molecule has 12 heteroatoms. The summed E-state index contributed by atoms with van der Waals surface area (Å²) in [5, 5.41) is 26.9. The first-order valence-electron chi connectivity index (χ1n) is 10.3. The quantitative estimate of drug-likeness (QED) is 0.188. The molecule has 0 aliphatic carbocycles. The number of carbonyl (C=O) groups is 4. The Morgan fingerprint density at radius 1 is 1.06 bits per heavy atom. The first kappa shape index (κ1) is 26.2. The monoisotopic (exact) mass is 479 g/mol. The first-order valence-corrected chi connectivity index (χ1v) is 10.9. The van der Waals surface area contributed by atoms with Crippen LogP contribution >= 0.6 is 12.6 Å². The van der Waals surface area contributed by atoms with Gasteiger partial charge in [-0.25, -0.2) is 0 Å². The average Bonchev–Trinajstić information content (AvgIpc) is 3.17. The number of carboxylic acids is 1. The highest BCUT2D eigenvalue weighted by atomic mass is 32.1. The predicted molar refractivity (Wildman–Crippen MR) is 125 cm³/mol. The van der Waals surface area contributed by atoms with E-state index in [1.54, 1.807) is 6.20 Å². The third kappa shape index (κ3) is 6.94. The van der Waals surface area contributed by atoms with Crippen LogP contribution in [0.5, 0.6) is 0 Å². The summed E-state index contributed by atoms with van der Waals surface area (Å²) < 4.78 is 0. The Hall–Kier alpha value is -3.09. The minimum Gasteiger partial charge on any atom is -0.480 e. The highest BCUT2D eigenvalue weighted by molar-refractivity contribution is 7.80. The van der Waals surface area contributed by atoms with E-state index >= 15 is 0 Å². The van der Waals surface area contributed by atoms with Crippen molar-refractivity contribution in [3.63, 3.8) is 0 Å². The lowest BCUT2D eigenvalue weighted by molar-refractivity contribution is -0.141. The van der Waals surface area contributed by atoms with Gasteiger partial charge in [-0.1, -0.05) is 18.2 Å². The normalized spacial score (nSPS) is 15.7. The van der Waals surface area contributed by atoms with Gasteiger partial charge in [0.05, 0.1) is 12.1 Å². The molecule has 0 saturated heterocycles. The molecule has 2 rings (SSSR count). The molecular weight excluding hydrogens is 450 g/mol. The number of para-hydroxylation sites is 1. The predicted octanol–water partition coefficient (Wildman–Crippen LogP) is -1.09. The third-order valence-electron chi connectivity index (χ3n) is 5.06. The summed E-state index contributed by atoms with van der Waals surface area (Å²) in [6, 6.07) is 2.78. The smallest absolute Gasteiger partial charge is 0.325 e. The maximum atomic E-state index is 12.7. The van der Waals surface area contributed by atoms with E-state index in [0.29, 0.717) is 0 Å². The topological polar surface area (TPSA) is 187 Å². The number of aliphatic hydroxyl groups excluding tert-OH is 1. The van der Waals surface area contributed by atoms with E-state index in [0.717, 1.165) is 16.5 Å². The number of carboxylic acid groups (broad SMARTS) is 1. The summed E-state index contributed by atoms with van der Waals surface area (Å²) >= 11 is 4.01. The van der Waals surface area contributed by atoms with Gasteiger partial charge in [0, 0.05) is 22.9 Å². The molecule has 3 amide bonds. The van der Waals surface area contributed by atoms with Crippen LogP contribution in [0.25, 0.3) is 10.9 Å². The number of hydrogen-bond acceptors (Lipinski definition) is 7. The number of nitrogens with one attached hydrogen (secondary N) is 4. The summed E-state index contributed by atoms with van der Waals surface area (Å²) in [7, 11) is 0. The molecule has 0 saturated carbocycles. The highest BCUT2D eigenvalue weighted by Gasteiger charge is 2.31. The van der Waals surface area contributed by atoms with Gasteiger partial charge < -0.3 is 36.9 Å². The third-order valence-corrected chi connectivity index (χ3v) is 5.42. The van der Waals surface area contributed by atoms with Crippen LogP contribution in [0, 0.1) is 0 Å². The van der Waals surface area contributed by atoms with Crippen LogP contribution in [0.1, 0.15) is 19.4 Å². The number of aromatic nitrogens is 1. The fourth-order valence-electron chi connectivity index (χ4n) is 3.13. The molecule has 180 valence electrons. The number of thiol groups is 1. The molecule has 11 nitrogen and oxygen atoms in total. The van der Waals surface area contributed by atoms with E-state index < -0.39 is 54.0 Å². The molecule has 0 aliphatic rings.